The van der Waals surface area contributed by atoms with Crippen molar-refractivity contribution in [3.63, 3.8) is 0 Å². The highest BCUT2D eigenvalue weighted by atomic mass is 16.5. The third-order valence-corrected chi connectivity index (χ3v) is 5.69. The minimum absolute atomic E-state index is 0.0419. The molecule has 0 radical (unpaired) electrons. The molecule has 2 saturated carbocycles. The standard InChI is InChI=1S/C14H20O2/c1-12-8-9-13(11(15)16-2)6-4-3-5-7-14(12,13)10-12/h3-4H,5-10H2,1-2H3/t12-,13+,14+/m1/s1. The highest BCUT2D eigenvalue weighted by molar-refractivity contribution is 5.80. The first-order valence-corrected chi connectivity index (χ1v) is 6.34. The van der Waals surface area contributed by atoms with Gasteiger partial charge in [-0.3, -0.25) is 4.79 Å². The van der Waals surface area contributed by atoms with E-state index in [2.05, 4.69) is 19.1 Å². The summed E-state index contributed by atoms with van der Waals surface area (Å²) in [4.78, 5) is 12.2. The lowest BCUT2D eigenvalue weighted by Gasteiger charge is -2.34. The topological polar surface area (TPSA) is 26.3 Å². The average molecular weight is 220 g/mol. The first kappa shape index (κ1) is 10.4. The molecule has 3 aliphatic carbocycles. The van der Waals surface area contributed by atoms with Gasteiger partial charge >= 0.3 is 5.97 Å². The fourth-order valence-electron chi connectivity index (χ4n) is 4.66. The van der Waals surface area contributed by atoms with E-state index >= 15 is 0 Å². The van der Waals surface area contributed by atoms with Crippen molar-refractivity contribution < 1.29 is 9.53 Å². The van der Waals surface area contributed by atoms with Crippen molar-refractivity contribution in [1.82, 2.24) is 0 Å². The zero-order chi connectivity index (χ0) is 11.4. The summed E-state index contributed by atoms with van der Waals surface area (Å²) in [5.74, 6) is 0.0419. The fourth-order valence-corrected chi connectivity index (χ4v) is 4.66. The monoisotopic (exact) mass is 220 g/mol. The molecular formula is C14H20O2. The van der Waals surface area contributed by atoms with E-state index in [0.717, 1.165) is 19.3 Å². The third kappa shape index (κ3) is 0.922. The van der Waals surface area contributed by atoms with Gasteiger partial charge in [-0.2, -0.15) is 0 Å². The molecule has 2 fully saturated rings. The Hall–Kier alpha value is -0.790. The Morgan fingerprint density at radius 1 is 1.25 bits per heavy atom. The Balaban J connectivity index is 2.05. The van der Waals surface area contributed by atoms with Crippen molar-refractivity contribution >= 4 is 5.97 Å². The van der Waals surface area contributed by atoms with Crippen LogP contribution in [0.5, 0.6) is 0 Å². The van der Waals surface area contributed by atoms with E-state index in [-0.39, 0.29) is 16.8 Å². The molecule has 0 aliphatic heterocycles. The second-order valence-corrected chi connectivity index (χ2v) is 6.11. The summed E-state index contributed by atoms with van der Waals surface area (Å²) in [6.07, 6.45) is 11.1. The van der Waals surface area contributed by atoms with Gasteiger partial charge in [-0.15, -0.1) is 0 Å². The molecular weight excluding hydrogens is 200 g/mol. The Morgan fingerprint density at radius 2 is 2.06 bits per heavy atom. The molecule has 2 nitrogen and oxygen atoms in total. The van der Waals surface area contributed by atoms with Gasteiger partial charge in [-0.05, 0) is 49.4 Å². The molecule has 2 heteroatoms. The smallest absolute Gasteiger partial charge is 0.312 e. The maximum Gasteiger partial charge on any atom is 0.312 e. The Morgan fingerprint density at radius 3 is 2.75 bits per heavy atom. The number of carbonyl (C=O) groups excluding carboxylic acids is 1. The number of esters is 1. The molecule has 0 amide bonds. The second-order valence-electron chi connectivity index (χ2n) is 6.11. The molecule has 3 rings (SSSR count). The highest BCUT2D eigenvalue weighted by Crippen LogP contribution is 2.83. The molecule has 0 unspecified atom stereocenters. The molecule has 0 bridgehead atoms. The number of hydrogen-bond donors (Lipinski definition) is 0. The Labute approximate surface area is 97.1 Å². The minimum Gasteiger partial charge on any atom is -0.469 e. The lowest BCUT2D eigenvalue weighted by Crippen LogP contribution is -2.38. The number of hydrogen-bond acceptors (Lipinski definition) is 2. The van der Waals surface area contributed by atoms with Gasteiger partial charge in [0.25, 0.3) is 0 Å². The van der Waals surface area contributed by atoms with Gasteiger partial charge < -0.3 is 4.74 Å². The van der Waals surface area contributed by atoms with E-state index in [0.29, 0.717) is 5.41 Å². The van der Waals surface area contributed by atoms with Gasteiger partial charge in [0.15, 0.2) is 0 Å². The molecule has 0 aromatic rings. The SMILES string of the molecule is COC(=O)[C@@]12CC=CCC[C@@]13C[C@@]3(C)CC2. The van der Waals surface area contributed by atoms with Crippen LogP contribution in [0.3, 0.4) is 0 Å². The zero-order valence-electron chi connectivity index (χ0n) is 10.2. The van der Waals surface area contributed by atoms with Gasteiger partial charge in [0.1, 0.15) is 0 Å². The summed E-state index contributed by atoms with van der Waals surface area (Å²) in [7, 11) is 1.54. The molecule has 16 heavy (non-hydrogen) atoms. The van der Waals surface area contributed by atoms with E-state index in [9.17, 15) is 4.79 Å². The van der Waals surface area contributed by atoms with Crippen molar-refractivity contribution in [3.8, 4) is 0 Å². The number of carbonyl (C=O) groups is 1. The van der Waals surface area contributed by atoms with Gasteiger partial charge in [-0.1, -0.05) is 19.1 Å². The molecule has 1 spiro atoms. The van der Waals surface area contributed by atoms with E-state index in [1.54, 1.807) is 0 Å². The predicted molar refractivity (Wildman–Crippen MR) is 61.8 cm³/mol. The van der Waals surface area contributed by atoms with Crippen LogP contribution in [0.2, 0.25) is 0 Å². The summed E-state index contributed by atoms with van der Waals surface area (Å²) in [5.41, 5.74) is 0.493. The summed E-state index contributed by atoms with van der Waals surface area (Å²) >= 11 is 0. The molecule has 0 aromatic heterocycles. The lowest BCUT2D eigenvalue weighted by molar-refractivity contribution is -0.157. The van der Waals surface area contributed by atoms with Gasteiger partial charge in [0.05, 0.1) is 12.5 Å². The van der Waals surface area contributed by atoms with Crippen molar-refractivity contribution in [2.45, 2.75) is 45.4 Å². The van der Waals surface area contributed by atoms with Crippen LogP contribution < -0.4 is 0 Å². The van der Waals surface area contributed by atoms with Crippen LogP contribution >= 0.6 is 0 Å². The number of methoxy groups -OCH3 is 1. The molecule has 3 atom stereocenters. The number of allylic oxidation sites excluding steroid dienone is 2. The van der Waals surface area contributed by atoms with Gasteiger partial charge in [-0.25, -0.2) is 0 Å². The van der Waals surface area contributed by atoms with Crippen molar-refractivity contribution in [2.24, 2.45) is 16.2 Å². The Bertz CT molecular complexity index is 373. The zero-order valence-corrected chi connectivity index (χ0v) is 10.2. The highest BCUT2D eigenvalue weighted by Gasteiger charge is 2.78. The number of rotatable bonds is 1. The van der Waals surface area contributed by atoms with Crippen LogP contribution in [0.1, 0.15) is 45.4 Å². The molecule has 0 N–H and O–H groups in total. The number of ether oxygens (including phenoxy) is 1. The predicted octanol–water partition coefficient (Wildman–Crippen LogP) is 3.08. The average Bonchev–Trinajstić information content (AvgIpc) is 2.89. The van der Waals surface area contributed by atoms with Crippen molar-refractivity contribution in [1.29, 1.82) is 0 Å². The first-order chi connectivity index (χ1) is 7.60. The molecule has 3 aliphatic rings. The van der Waals surface area contributed by atoms with Crippen molar-refractivity contribution in [2.75, 3.05) is 7.11 Å². The third-order valence-electron chi connectivity index (χ3n) is 5.69. The van der Waals surface area contributed by atoms with Crippen LogP contribution in [0, 0.1) is 16.2 Å². The normalized spacial score (nSPS) is 49.1. The van der Waals surface area contributed by atoms with Crippen molar-refractivity contribution in [3.05, 3.63) is 12.2 Å². The summed E-state index contributed by atoms with van der Waals surface area (Å²) in [5, 5.41) is 0. The Kier molecular flexibility index (Phi) is 1.88. The first-order valence-electron chi connectivity index (χ1n) is 6.34. The van der Waals surface area contributed by atoms with Crippen LogP contribution in [0.4, 0.5) is 0 Å². The summed E-state index contributed by atoms with van der Waals surface area (Å²) in [6.45, 7) is 2.36. The molecule has 88 valence electrons. The van der Waals surface area contributed by atoms with Crippen LogP contribution in [-0.4, -0.2) is 13.1 Å². The quantitative estimate of drug-likeness (QED) is 0.501. The van der Waals surface area contributed by atoms with Crippen LogP contribution in [0.15, 0.2) is 12.2 Å². The maximum absolute atomic E-state index is 12.2. The minimum atomic E-state index is -0.191. The second kappa shape index (κ2) is 2.91. The van der Waals surface area contributed by atoms with Crippen LogP contribution in [-0.2, 0) is 9.53 Å². The van der Waals surface area contributed by atoms with E-state index in [1.807, 2.05) is 0 Å². The largest absolute Gasteiger partial charge is 0.469 e. The maximum atomic E-state index is 12.2. The lowest BCUT2D eigenvalue weighted by atomic mass is 9.69. The van der Waals surface area contributed by atoms with E-state index in [1.165, 1.54) is 26.4 Å². The van der Waals surface area contributed by atoms with E-state index < -0.39 is 0 Å². The molecule has 0 heterocycles. The fraction of sp³-hybridized carbons (Fsp3) is 0.786. The van der Waals surface area contributed by atoms with Crippen LogP contribution in [0.25, 0.3) is 0 Å². The van der Waals surface area contributed by atoms with E-state index in [4.69, 9.17) is 4.74 Å². The van der Waals surface area contributed by atoms with Gasteiger partial charge in [0, 0.05) is 0 Å². The van der Waals surface area contributed by atoms with Gasteiger partial charge in [0.2, 0.25) is 0 Å². The molecule has 0 saturated heterocycles. The summed E-state index contributed by atoms with van der Waals surface area (Å²) < 4.78 is 5.11. The summed E-state index contributed by atoms with van der Waals surface area (Å²) in [6, 6.07) is 0. The molecule has 0 aromatic carbocycles.